The normalized spacial score (nSPS) is 10.8. The Hall–Kier alpha value is -3.75. The average molecular weight is 472 g/mol. The maximum atomic E-state index is 13.0. The van der Waals surface area contributed by atoms with Crippen molar-refractivity contribution in [3.63, 3.8) is 0 Å². The molecule has 2 aromatic rings. The number of amides is 3. The predicted octanol–water partition coefficient (Wildman–Crippen LogP) is 4.32. The van der Waals surface area contributed by atoms with E-state index in [9.17, 15) is 14.4 Å². The molecule has 0 aliphatic heterocycles. The van der Waals surface area contributed by atoms with Gasteiger partial charge in [-0.3, -0.25) is 9.59 Å². The first kappa shape index (κ1) is 26.5. The molecular formula is C25H33N3O6. The van der Waals surface area contributed by atoms with Gasteiger partial charge in [-0.05, 0) is 51.0 Å². The maximum Gasteiger partial charge on any atom is 0.410 e. The summed E-state index contributed by atoms with van der Waals surface area (Å²) in [5.74, 6) is 0.0267. The SMILES string of the molecule is COc1cc(NC(C)=O)c(C(=O)Nc2ccc(CCN(C)C(=O)OC(C)(C)C)cc2)cc1OC. The molecule has 0 atom stereocenters. The fourth-order valence-corrected chi connectivity index (χ4v) is 3.04. The first-order valence-corrected chi connectivity index (χ1v) is 10.8. The van der Waals surface area contributed by atoms with Gasteiger partial charge in [-0.15, -0.1) is 0 Å². The second-order valence-corrected chi connectivity index (χ2v) is 8.74. The number of nitrogens with one attached hydrogen (secondary N) is 2. The summed E-state index contributed by atoms with van der Waals surface area (Å²) in [7, 11) is 4.64. The summed E-state index contributed by atoms with van der Waals surface area (Å²) >= 11 is 0. The number of methoxy groups -OCH3 is 2. The molecule has 0 aliphatic rings. The van der Waals surface area contributed by atoms with Crippen LogP contribution in [0, 0.1) is 0 Å². The Labute approximate surface area is 200 Å². The highest BCUT2D eigenvalue weighted by Crippen LogP contribution is 2.34. The van der Waals surface area contributed by atoms with Crippen molar-refractivity contribution in [1.29, 1.82) is 0 Å². The van der Waals surface area contributed by atoms with Crippen LogP contribution in [0.3, 0.4) is 0 Å². The first-order chi connectivity index (χ1) is 15.9. The number of carbonyl (C=O) groups excluding carboxylic acids is 3. The lowest BCUT2D eigenvalue weighted by atomic mass is 10.1. The Balaban J connectivity index is 2.08. The van der Waals surface area contributed by atoms with Crippen LogP contribution < -0.4 is 20.1 Å². The molecule has 9 nitrogen and oxygen atoms in total. The van der Waals surface area contributed by atoms with Crippen molar-refractivity contribution in [2.24, 2.45) is 0 Å². The molecular weight excluding hydrogens is 438 g/mol. The van der Waals surface area contributed by atoms with Crippen LogP contribution in [0.5, 0.6) is 11.5 Å². The Morgan fingerprint density at radius 3 is 2.06 bits per heavy atom. The van der Waals surface area contributed by atoms with Crippen LogP contribution in [-0.4, -0.2) is 56.2 Å². The Morgan fingerprint density at radius 1 is 0.941 bits per heavy atom. The lowest BCUT2D eigenvalue weighted by Gasteiger charge is -2.24. The van der Waals surface area contributed by atoms with Crippen molar-refractivity contribution in [3.8, 4) is 11.5 Å². The van der Waals surface area contributed by atoms with Gasteiger partial charge in [-0.25, -0.2) is 4.79 Å². The van der Waals surface area contributed by atoms with Gasteiger partial charge in [-0.2, -0.15) is 0 Å². The topological polar surface area (TPSA) is 106 Å². The van der Waals surface area contributed by atoms with Crippen molar-refractivity contribution in [2.75, 3.05) is 38.4 Å². The van der Waals surface area contributed by atoms with Gasteiger partial charge in [0.05, 0.1) is 25.5 Å². The molecule has 9 heteroatoms. The van der Waals surface area contributed by atoms with E-state index in [1.54, 1.807) is 25.2 Å². The van der Waals surface area contributed by atoms with E-state index in [0.717, 1.165) is 5.56 Å². The third-order valence-electron chi connectivity index (χ3n) is 4.73. The minimum absolute atomic E-state index is 0.232. The fourth-order valence-electron chi connectivity index (χ4n) is 3.04. The van der Waals surface area contributed by atoms with E-state index >= 15 is 0 Å². The minimum Gasteiger partial charge on any atom is -0.493 e. The molecule has 0 bridgehead atoms. The van der Waals surface area contributed by atoms with E-state index in [1.807, 2.05) is 32.9 Å². The van der Waals surface area contributed by atoms with E-state index < -0.39 is 11.5 Å². The number of rotatable bonds is 8. The first-order valence-electron chi connectivity index (χ1n) is 10.8. The zero-order valence-corrected chi connectivity index (χ0v) is 20.8. The number of likely N-dealkylation sites (N-methyl/N-ethyl adjacent to an activating group) is 1. The van der Waals surface area contributed by atoms with Gasteiger partial charge in [0.2, 0.25) is 5.91 Å². The van der Waals surface area contributed by atoms with Gasteiger partial charge in [0, 0.05) is 32.3 Å². The molecule has 2 rings (SSSR count). The molecule has 0 saturated carbocycles. The number of hydrogen-bond donors (Lipinski definition) is 2. The largest absolute Gasteiger partial charge is 0.493 e. The highest BCUT2D eigenvalue weighted by atomic mass is 16.6. The van der Waals surface area contributed by atoms with E-state index in [4.69, 9.17) is 14.2 Å². The summed E-state index contributed by atoms with van der Waals surface area (Å²) in [6.07, 6.45) is 0.257. The summed E-state index contributed by atoms with van der Waals surface area (Å²) < 4.78 is 15.9. The summed E-state index contributed by atoms with van der Waals surface area (Å²) in [5, 5.41) is 5.47. The Kier molecular flexibility index (Phi) is 8.89. The zero-order chi connectivity index (χ0) is 25.5. The zero-order valence-electron chi connectivity index (χ0n) is 20.8. The van der Waals surface area contributed by atoms with E-state index in [1.165, 1.54) is 32.1 Å². The van der Waals surface area contributed by atoms with Crippen LogP contribution in [0.15, 0.2) is 36.4 Å². The Bertz CT molecular complexity index is 1030. The van der Waals surface area contributed by atoms with Gasteiger partial charge in [0.15, 0.2) is 11.5 Å². The van der Waals surface area contributed by atoms with Crippen LogP contribution in [0.4, 0.5) is 16.2 Å². The van der Waals surface area contributed by atoms with Crippen molar-refractivity contribution in [1.82, 2.24) is 4.90 Å². The summed E-state index contributed by atoms with van der Waals surface area (Å²) in [4.78, 5) is 38.2. The van der Waals surface area contributed by atoms with Crippen molar-refractivity contribution in [3.05, 3.63) is 47.5 Å². The number of carbonyl (C=O) groups is 3. The third-order valence-corrected chi connectivity index (χ3v) is 4.73. The molecule has 0 unspecified atom stereocenters. The average Bonchev–Trinajstić information content (AvgIpc) is 2.76. The van der Waals surface area contributed by atoms with Crippen molar-refractivity contribution >= 4 is 29.3 Å². The van der Waals surface area contributed by atoms with Gasteiger partial charge in [0.25, 0.3) is 5.91 Å². The second kappa shape index (κ2) is 11.4. The lowest BCUT2D eigenvalue weighted by Crippen LogP contribution is -2.35. The van der Waals surface area contributed by atoms with E-state index in [0.29, 0.717) is 35.8 Å². The third kappa shape index (κ3) is 7.68. The number of hydrogen-bond acceptors (Lipinski definition) is 6. The van der Waals surface area contributed by atoms with E-state index in [-0.39, 0.29) is 17.6 Å². The molecule has 0 saturated heterocycles. The number of ether oxygens (including phenoxy) is 3. The molecule has 2 aromatic carbocycles. The Morgan fingerprint density at radius 2 is 1.53 bits per heavy atom. The molecule has 2 N–H and O–H groups in total. The molecule has 0 aromatic heterocycles. The molecule has 0 radical (unpaired) electrons. The van der Waals surface area contributed by atoms with Gasteiger partial charge in [-0.1, -0.05) is 12.1 Å². The van der Waals surface area contributed by atoms with Gasteiger partial charge >= 0.3 is 6.09 Å². The standard InChI is InChI=1S/C25H33N3O6/c1-16(29)26-20-15-22(33-7)21(32-6)14-19(20)23(30)27-18-10-8-17(9-11-18)12-13-28(5)24(31)34-25(2,3)4/h8-11,14-15H,12-13H2,1-7H3,(H,26,29)(H,27,30). The number of anilines is 2. The highest BCUT2D eigenvalue weighted by Gasteiger charge is 2.20. The van der Waals surface area contributed by atoms with Crippen LogP contribution in [0.2, 0.25) is 0 Å². The predicted molar refractivity (Wildman–Crippen MR) is 131 cm³/mol. The quantitative estimate of drug-likeness (QED) is 0.594. The molecule has 0 heterocycles. The van der Waals surface area contributed by atoms with Crippen molar-refractivity contribution in [2.45, 2.75) is 39.7 Å². The fraction of sp³-hybridized carbons (Fsp3) is 0.400. The lowest BCUT2D eigenvalue weighted by molar-refractivity contribution is -0.114. The molecule has 0 spiro atoms. The molecule has 34 heavy (non-hydrogen) atoms. The molecule has 0 fully saturated rings. The van der Waals surface area contributed by atoms with Gasteiger partial charge in [0.1, 0.15) is 5.60 Å². The molecule has 184 valence electrons. The van der Waals surface area contributed by atoms with Crippen LogP contribution in [0.1, 0.15) is 43.6 Å². The monoisotopic (exact) mass is 471 g/mol. The molecule has 0 aliphatic carbocycles. The number of nitrogens with zero attached hydrogens (tertiary/aromatic N) is 1. The van der Waals surface area contributed by atoms with E-state index in [2.05, 4.69) is 10.6 Å². The number of benzene rings is 2. The highest BCUT2D eigenvalue weighted by molar-refractivity contribution is 6.10. The van der Waals surface area contributed by atoms with Crippen LogP contribution in [-0.2, 0) is 16.0 Å². The summed E-state index contributed by atoms with van der Waals surface area (Å²) in [6.45, 7) is 7.33. The van der Waals surface area contributed by atoms with Crippen LogP contribution in [0.25, 0.3) is 0 Å². The maximum absolute atomic E-state index is 13.0. The summed E-state index contributed by atoms with van der Waals surface area (Å²) in [5.41, 5.74) is 1.58. The minimum atomic E-state index is -0.543. The smallest absolute Gasteiger partial charge is 0.410 e. The van der Waals surface area contributed by atoms with Crippen molar-refractivity contribution < 1.29 is 28.6 Å². The summed E-state index contributed by atoms with van der Waals surface area (Å²) in [6, 6.07) is 10.4. The van der Waals surface area contributed by atoms with Gasteiger partial charge < -0.3 is 29.7 Å². The molecule has 3 amide bonds. The second-order valence-electron chi connectivity index (χ2n) is 8.74. The van der Waals surface area contributed by atoms with Crippen LogP contribution >= 0.6 is 0 Å².